The summed E-state index contributed by atoms with van der Waals surface area (Å²) in [4.78, 5) is 32.1. The van der Waals surface area contributed by atoms with Crippen LogP contribution in [0.1, 0.15) is 53.1 Å². The smallest absolute Gasteiger partial charge is 0.416 e. The zero-order chi connectivity index (χ0) is 26.9. The van der Waals surface area contributed by atoms with Gasteiger partial charge in [0, 0.05) is 53.8 Å². The minimum atomic E-state index is -4.56. The lowest BCUT2D eigenvalue weighted by Crippen LogP contribution is -2.40. The van der Waals surface area contributed by atoms with Gasteiger partial charge in [0.05, 0.1) is 16.3 Å². The quantitative estimate of drug-likeness (QED) is 0.357. The largest absolute Gasteiger partial charge is 0.465 e. The summed E-state index contributed by atoms with van der Waals surface area (Å²) >= 11 is 13.5. The van der Waals surface area contributed by atoms with Crippen LogP contribution in [-0.2, 0) is 15.8 Å². The van der Waals surface area contributed by atoms with E-state index in [4.69, 9.17) is 32.8 Å². The van der Waals surface area contributed by atoms with E-state index in [0.29, 0.717) is 37.3 Å². The SMILES string of the molecule is O=C(COc1nccnc1Cl)N1CCC(c2nc(C3=NOC(c4c(Cl)cccc4C(F)(F)F)C3)cs2)CC1. The first-order valence-electron chi connectivity index (χ1n) is 11.6. The summed E-state index contributed by atoms with van der Waals surface area (Å²) in [5.74, 6) is 0.0801. The van der Waals surface area contributed by atoms with Crippen molar-refractivity contribution < 1.29 is 27.5 Å². The van der Waals surface area contributed by atoms with Crippen molar-refractivity contribution in [3.8, 4) is 5.88 Å². The van der Waals surface area contributed by atoms with Crippen molar-refractivity contribution in [2.24, 2.45) is 5.16 Å². The van der Waals surface area contributed by atoms with Gasteiger partial charge in [-0.2, -0.15) is 13.2 Å². The van der Waals surface area contributed by atoms with Crippen molar-refractivity contribution in [1.82, 2.24) is 19.9 Å². The Morgan fingerprint density at radius 3 is 2.68 bits per heavy atom. The predicted octanol–water partition coefficient (Wildman–Crippen LogP) is 5.91. The number of halogens is 5. The average molecular weight is 586 g/mol. The summed E-state index contributed by atoms with van der Waals surface area (Å²) < 4.78 is 46.0. The number of amides is 1. The van der Waals surface area contributed by atoms with Crippen LogP contribution in [0.4, 0.5) is 13.2 Å². The van der Waals surface area contributed by atoms with Gasteiger partial charge in [0.25, 0.3) is 11.8 Å². The fourth-order valence-corrected chi connectivity index (χ4v) is 5.86. The zero-order valence-corrected chi connectivity index (χ0v) is 21.9. The van der Waals surface area contributed by atoms with Gasteiger partial charge in [-0.25, -0.2) is 15.0 Å². The van der Waals surface area contributed by atoms with E-state index in [2.05, 4.69) is 20.1 Å². The summed E-state index contributed by atoms with van der Waals surface area (Å²) in [6.45, 7) is 0.886. The standard InChI is InChI=1S/C24H20Cl2F3N5O3S/c25-15-3-1-2-14(24(27,28)29)20(15)18-10-16(33-37-18)17-12-38-23(32-17)13-4-8-34(9-5-13)19(35)11-36-22-21(26)30-6-7-31-22/h1-3,6-7,12-13,18H,4-5,8-11H2. The number of thiazole rings is 1. The normalized spacial score (nSPS) is 18.3. The Kier molecular flexibility index (Phi) is 7.73. The van der Waals surface area contributed by atoms with Crippen LogP contribution < -0.4 is 4.74 Å². The number of oxime groups is 1. The molecule has 0 aliphatic carbocycles. The van der Waals surface area contributed by atoms with Crippen LogP contribution in [-0.4, -0.2) is 51.2 Å². The maximum absolute atomic E-state index is 13.5. The Bertz CT molecular complexity index is 1360. The predicted molar refractivity (Wildman–Crippen MR) is 135 cm³/mol. The number of piperidine rings is 1. The lowest BCUT2D eigenvalue weighted by atomic mass is 9.97. The van der Waals surface area contributed by atoms with Gasteiger partial charge in [0.1, 0.15) is 5.71 Å². The van der Waals surface area contributed by atoms with Crippen molar-refractivity contribution in [3.63, 3.8) is 0 Å². The van der Waals surface area contributed by atoms with E-state index >= 15 is 0 Å². The van der Waals surface area contributed by atoms with E-state index in [1.165, 1.54) is 35.9 Å². The van der Waals surface area contributed by atoms with Gasteiger partial charge >= 0.3 is 6.18 Å². The zero-order valence-electron chi connectivity index (χ0n) is 19.6. The number of benzene rings is 1. The Morgan fingerprint density at radius 2 is 1.95 bits per heavy atom. The van der Waals surface area contributed by atoms with Crippen LogP contribution in [0.5, 0.6) is 5.88 Å². The molecule has 1 aromatic carbocycles. The van der Waals surface area contributed by atoms with E-state index in [1.54, 1.807) is 4.90 Å². The molecule has 0 spiro atoms. The highest BCUT2D eigenvalue weighted by Crippen LogP contribution is 2.42. The molecule has 8 nitrogen and oxygen atoms in total. The van der Waals surface area contributed by atoms with Gasteiger partial charge in [-0.3, -0.25) is 4.79 Å². The molecule has 2 aliphatic heterocycles. The minimum Gasteiger partial charge on any atom is -0.465 e. The molecule has 2 aliphatic rings. The number of carbonyl (C=O) groups excluding carboxylic acids is 1. The summed E-state index contributed by atoms with van der Waals surface area (Å²) in [5, 5.41) is 6.80. The van der Waals surface area contributed by atoms with Gasteiger partial charge in [0.15, 0.2) is 17.9 Å². The van der Waals surface area contributed by atoms with E-state index in [-0.39, 0.29) is 46.5 Å². The van der Waals surface area contributed by atoms with E-state index < -0.39 is 17.8 Å². The molecule has 2 aromatic heterocycles. The molecule has 38 heavy (non-hydrogen) atoms. The average Bonchev–Trinajstić information content (AvgIpc) is 3.58. The molecule has 1 atom stereocenters. The number of rotatable bonds is 6. The van der Waals surface area contributed by atoms with Crippen molar-refractivity contribution in [2.75, 3.05) is 19.7 Å². The van der Waals surface area contributed by atoms with Crippen molar-refractivity contribution >= 4 is 46.2 Å². The number of nitrogens with zero attached hydrogens (tertiary/aromatic N) is 5. The first-order valence-corrected chi connectivity index (χ1v) is 13.3. The van der Waals surface area contributed by atoms with Crippen LogP contribution in [0.25, 0.3) is 0 Å². The van der Waals surface area contributed by atoms with Crippen LogP contribution in [0.3, 0.4) is 0 Å². The molecular weight excluding hydrogens is 566 g/mol. The number of hydrogen-bond donors (Lipinski definition) is 0. The molecule has 14 heteroatoms. The topological polar surface area (TPSA) is 89.8 Å². The second-order valence-electron chi connectivity index (χ2n) is 8.70. The van der Waals surface area contributed by atoms with Crippen LogP contribution in [0.15, 0.2) is 41.1 Å². The highest BCUT2D eigenvalue weighted by molar-refractivity contribution is 7.10. The molecule has 1 amide bonds. The molecule has 4 heterocycles. The Balaban J connectivity index is 1.17. The molecule has 0 N–H and O–H groups in total. The molecule has 5 rings (SSSR count). The summed E-state index contributed by atoms with van der Waals surface area (Å²) in [6.07, 6.45) is -1.11. The lowest BCUT2D eigenvalue weighted by Gasteiger charge is -2.31. The first-order chi connectivity index (χ1) is 18.2. The second-order valence-corrected chi connectivity index (χ2v) is 10.4. The number of carbonyl (C=O) groups is 1. The molecule has 3 aromatic rings. The van der Waals surface area contributed by atoms with Crippen molar-refractivity contribution in [2.45, 2.75) is 37.5 Å². The van der Waals surface area contributed by atoms with Gasteiger partial charge in [-0.15, -0.1) is 11.3 Å². The van der Waals surface area contributed by atoms with Gasteiger partial charge in [0.2, 0.25) is 0 Å². The number of aromatic nitrogens is 3. The summed E-state index contributed by atoms with van der Waals surface area (Å²) in [6, 6.07) is 3.65. The Hall–Kier alpha value is -2.96. The third kappa shape index (κ3) is 5.71. The minimum absolute atomic E-state index is 0.0215. The maximum Gasteiger partial charge on any atom is 0.416 e. The van der Waals surface area contributed by atoms with Crippen LogP contribution in [0, 0.1) is 0 Å². The van der Waals surface area contributed by atoms with E-state index in [1.807, 2.05) is 5.38 Å². The second kappa shape index (κ2) is 11.0. The molecular formula is C24H20Cl2F3N5O3S. The molecule has 200 valence electrons. The maximum atomic E-state index is 13.5. The van der Waals surface area contributed by atoms with Gasteiger partial charge in [-0.1, -0.05) is 34.4 Å². The van der Waals surface area contributed by atoms with Gasteiger partial charge < -0.3 is 14.5 Å². The Morgan fingerprint density at radius 1 is 1.18 bits per heavy atom. The molecule has 0 radical (unpaired) electrons. The van der Waals surface area contributed by atoms with Crippen molar-refractivity contribution in [1.29, 1.82) is 0 Å². The van der Waals surface area contributed by atoms with Crippen LogP contribution >= 0.6 is 34.5 Å². The van der Waals surface area contributed by atoms with Gasteiger partial charge in [-0.05, 0) is 25.0 Å². The van der Waals surface area contributed by atoms with E-state index in [0.717, 1.165) is 11.1 Å². The Labute approximate surface area is 229 Å². The molecule has 1 fully saturated rings. The molecule has 0 bridgehead atoms. The fraction of sp³-hybridized carbons (Fsp3) is 0.375. The summed E-state index contributed by atoms with van der Waals surface area (Å²) in [5.41, 5.74) is 0.0780. The molecule has 0 saturated carbocycles. The lowest BCUT2D eigenvalue weighted by molar-refractivity contribution is -0.139. The fourth-order valence-electron chi connectivity index (χ4n) is 4.40. The molecule has 1 saturated heterocycles. The number of hydrogen-bond acceptors (Lipinski definition) is 8. The molecule has 1 unspecified atom stereocenters. The number of alkyl halides is 3. The first kappa shape index (κ1) is 26.6. The highest BCUT2D eigenvalue weighted by atomic mass is 35.5. The number of ether oxygens (including phenoxy) is 1. The monoisotopic (exact) mass is 585 g/mol. The highest BCUT2D eigenvalue weighted by Gasteiger charge is 2.39. The third-order valence-corrected chi connectivity index (χ3v) is 7.91. The van der Waals surface area contributed by atoms with Crippen LogP contribution in [0.2, 0.25) is 10.2 Å². The third-order valence-electron chi connectivity index (χ3n) is 6.32. The van der Waals surface area contributed by atoms with E-state index in [9.17, 15) is 18.0 Å². The van der Waals surface area contributed by atoms with Crippen molar-refractivity contribution in [3.05, 3.63) is 68.0 Å². The summed E-state index contributed by atoms with van der Waals surface area (Å²) in [7, 11) is 0. The number of likely N-dealkylation sites (tertiary alicyclic amines) is 1.